The van der Waals surface area contributed by atoms with E-state index in [1.165, 1.54) is 14.0 Å². The molecule has 0 spiro atoms. The van der Waals surface area contributed by atoms with E-state index in [-0.39, 0.29) is 4.83 Å². The molecule has 1 nitrogen and oxygen atoms in total. The molecule has 0 aliphatic heterocycles. The maximum Gasteiger partial charge on any atom is 0.127 e. The van der Waals surface area contributed by atoms with Gasteiger partial charge in [0.05, 0.1) is 7.71 Å². The average Bonchev–Trinajstić information content (AvgIpc) is 2.95. The van der Waals surface area contributed by atoms with Crippen molar-refractivity contribution < 1.29 is 4.74 Å². The maximum atomic E-state index is 5.81. The van der Waals surface area contributed by atoms with Gasteiger partial charge in [-0.1, -0.05) is 46.3 Å². The van der Waals surface area contributed by atoms with Gasteiger partial charge in [0.2, 0.25) is 0 Å². The number of hydrogen-bond acceptors (Lipinski definition) is 2. The molecule has 0 bridgehead atoms. The zero-order chi connectivity index (χ0) is 14.7. The number of alkyl halides is 1. The lowest BCUT2D eigenvalue weighted by atomic mass is 10.1. The van der Waals surface area contributed by atoms with Gasteiger partial charge in [-0.05, 0) is 69.4 Å². The lowest BCUT2D eigenvalue weighted by Crippen LogP contribution is -1.91. The molecule has 0 saturated heterocycles. The molecule has 0 N–H and O–H groups in total. The van der Waals surface area contributed by atoms with Gasteiger partial charge < -0.3 is 4.74 Å². The Morgan fingerprint density at radius 2 is 1.57 bits per heavy atom. The molecule has 2 aromatic carbocycles. The number of ether oxygens (including phenoxy) is 1. The SMILES string of the molecule is BrC(c1ccc(Oc2ccccc2)cc1)c1csc(I)c1. The van der Waals surface area contributed by atoms with Gasteiger partial charge >= 0.3 is 0 Å². The Balaban J connectivity index is 1.75. The third kappa shape index (κ3) is 3.87. The van der Waals surface area contributed by atoms with Crippen LogP contribution < -0.4 is 4.74 Å². The first-order chi connectivity index (χ1) is 10.2. The Morgan fingerprint density at radius 1 is 0.905 bits per heavy atom. The summed E-state index contributed by atoms with van der Waals surface area (Å²) >= 11 is 7.87. The van der Waals surface area contributed by atoms with Gasteiger partial charge in [-0.2, -0.15) is 0 Å². The minimum absolute atomic E-state index is 0.225. The number of benzene rings is 2. The molecule has 1 atom stereocenters. The summed E-state index contributed by atoms with van der Waals surface area (Å²) in [5.41, 5.74) is 2.52. The van der Waals surface area contributed by atoms with Crippen molar-refractivity contribution in [2.24, 2.45) is 0 Å². The molecule has 0 aliphatic carbocycles. The molecule has 0 fully saturated rings. The molecule has 1 heterocycles. The second kappa shape index (κ2) is 6.94. The molecule has 1 unspecified atom stereocenters. The predicted molar refractivity (Wildman–Crippen MR) is 101 cm³/mol. The Kier molecular flexibility index (Phi) is 4.98. The maximum absolute atomic E-state index is 5.81. The zero-order valence-corrected chi connectivity index (χ0v) is 15.6. The lowest BCUT2D eigenvalue weighted by molar-refractivity contribution is 0.482. The van der Waals surface area contributed by atoms with E-state index in [0.717, 1.165) is 11.5 Å². The van der Waals surface area contributed by atoms with Crippen molar-refractivity contribution in [3.05, 3.63) is 80.1 Å². The fraction of sp³-hybridized carbons (Fsp3) is 0.0588. The fourth-order valence-corrected chi connectivity index (χ4v) is 4.12. The van der Waals surface area contributed by atoms with Crippen LogP contribution in [0.3, 0.4) is 0 Å². The summed E-state index contributed by atoms with van der Waals surface area (Å²) in [6, 6.07) is 20.2. The van der Waals surface area contributed by atoms with E-state index in [2.05, 4.69) is 62.1 Å². The Morgan fingerprint density at radius 3 is 2.19 bits per heavy atom. The quantitative estimate of drug-likeness (QED) is 0.307. The van der Waals surface area contributed by atoms with Crippen LogP contribution in [0, 0.1) is 2.88 Å². The third-order valence-corrected chi connectivity index (χ3v) is 5.90. The van der Waals surface area contributed by atoms with Crippen LogP contribution in [0.2, 0.25) is 0 Å². The minimum atomic E-state index is 0.225. The van der Waals surface area contributed by atoms with Crippen LogP contribution in [-0.4, -0.2) is 0 Å². The fourth-order valence-electron chi connectivity index (χ4n) is 1.98. The van der Waals surface area contributed by atoms with Gasteiger partial charge in [0.25, 0.3) is 0 Å². The molecule has 106 valence electrons. The first-order valence-corrected chi connectivity index (χ1v) is 9.30. The Labute approximate surface area is 150 Å². The summed E-state index contributed by atoms with van der Waals surface area (Å²) in [7, 11) is 0. The molecular formula is C17H12BrIOS. The summed E-state index contributed by atoms with van der Waals surface area (Å²) in [6.45, 7) is 0. The van der Waals surface area contributed by atoms with Gasteiger partial charge in [0, 0.05) is 0 Å². The van der Waals surface area contributed by atoms with E-state index in [0.29, 0.717) is 0 Å². The van der Waals surface area contributed by atoms with Crippen molar-refractivity contribution in [2.45, 2.75) is 4.83 Å². The summed E-state index contributed by atoms with van der Waals surface area (Å²) in [6.07, 6.45) is 0. The molecule has 4 heteroatoms. The van der Waals surface area contributed by atoms with Gasteiger partial charge in [-0.15, -0.1) is 11.3 Å². The highest BCUT2D eigenvalue weighted by atomic mass is 127. The van der Waals surface area contributed by atoms with Crippen molar-refractivity contribution in [2.75, 3.05) is 0 Å². The van der Waals surface area contributed by atoms with E-state index < -0.39 is 0 Å². The largest absolute Gasteiger partial charge is 0.457 e. The van der Waals surface area contributed by atoms with Crippen LogP contribution in [0.15, 0.2) is 66.0 Å². The Hall–Kier alpha value is -0.850. The average molecular weight is 471 g/mol. The van der Waals surface area contributed by atoms with Crippen LogP contribution >= 0.6 is 49.9 Å². The third-order valence-electron chi connectivity index (χ3n) is 3.03. The van der Waals surface area contributed by atoms with Crippen LogP contribution in [0.4, 0.5) is 0 Å². The molecule has 3 rings (SSSR count). The smallest absolute Gasteiger partial charge is 0.127 e. The molecule has 0 amide bonds. The van der Waals surface area contributed by atoms with Crippen LogP contribution in [0.5, 0.6) is 11.5 Å². The van der Waals surface area contributed by atoms with Crippen LogP contribution in [0.25, 0.3) is 0 Å². The normalized spacial score (nSPS) is 12.1. The monoisotopic (exact) mass is 470 g/mol. The molecule has 3 aromatic rings. The predicted octanol–water partition coefficient (Wildman–Crippen LogP) is 6.63. The van der Waals surface area contributed by atoms with Crippen LogP contribution in [0.1, 0.15) is 16.0 Å². The van der Waals surface area contributed by atoms with Crippen molar-refractivity contribution in [1.29, 1.82) is 0 Å². The number of rotatable bonds is 4. The number of hydrogen-bond donors (Lipinski definition) is 0. The zero-order valence-electron chi connectivity index (χ0n) is 11.0. The van der Waals surface area contributed by atoms with E-state index in [1.54, 1.807) is 11.3 Å². The summed E-state index contributed by atoms with van der Waals surface area (Å²) < 4.78 is 7.11. The second-order valence-corrected chi connectivity index (χ2v) is 8.25. The Bertz CT molecular complexity index is 709. The van der Waals surface area contributed by atoms with Crippen molar-refractivity contribution >= 4 is 49.9 Å². The standard InChI is InChI=1S/C17H12BrIOS/c18-17(13-10-16(19)21-11-13)12-6-8-15(9-7-12)20-14-4-2-1-3-5-14/h1-11,17H. The van der Waals surface area contributed by atoms with E-state index in [4.69, 9.17) is 4.74 Å². The minimum Gasteiger partial charge on any atom is -0.457 e. The molecule has 1 aromatic heterocycles. The number of para-hydroxylation sites is 1. The molecular weight excluding hydrogens is 459 g/mol. The first-order valence-electron chi connectivity index (χ1n) is 6.43. The van der Waals surface area contributed by atoms with Gasteiger partial charge in [0.1, 0.15) is 11.5 Å². The number of thiophene rings is 1. The van der Waals surface area contributed by atoms with Crippen molar-refractivity contribution in [3.63, 3.8) is 0 Å². The molecule has 0 saturated carbocycles. The summed E-state index contributed by atoms with van der Waals surface area (Å²) in [5, 5.41) is 2.19. The van der Waals surface area contributed by atoms with Gasteiger partial charge in [0.15, 0.2) is 0 Å². The summed E-state index contributed by atoms with van der Waals surface area (Å²) in [5.74, 6) is 1.71. The topological polar surface area (TPSA) is 9.23 Å². The van der Waals surface area contributed by atoms with Gasteiger partial charge in [-0.25, -0.2) is 0 Å². The van der Waals surface area contributed by atoms with Gasteiger partial charge in [-0.3, -0.25) is 0 Å². The highest BCUT2D eigenvalue weighted by Gasteiger charge is 2.12. The first kappa shape index (κ1) is 15.1. The van der Waals surface area contributed by atoms with Crippen molar-refractivity contribution in [1.82, 2.24) is 0 Å². The van der Waals surface area contributed by atoms with E-state index in [9.17, 15) is 0 Å². The lowest BCUT2D eigenvalue weighted by Gasteiger charge is -2.10. The van der Waals surface area contributed by atoms with E-state index >= 15 is 0 Å². The molecule has 21 heavy (non-hydrogen) atoms. The molecule has 0 radical (unpaired) electrons. The summed E-state index contributed by atoms with van der Waals surface area (Å²) in [4.78, 5) is 0.225. The van der Waals surface area contributed by atoms with Crippen molar-refractivity contribution in [3.8, 4) is 11.5 Å². The van der Waals surface area contributed by atoms with Crippen LogP contribution in [-0.2, 0) is 0 Å². The molecule has 0 aliphatic rings. The highest BCUT2D eigenvalue weighted by molar-refractivity contribution is 14.1. The van der Waals surface area contributed by atoms with E-state index in [1.807, 2.05) is 42.5 Å². The highest BCUT2D eigenvalue weighted by Crippen LogP contribution is 2.35. The second-order valence-electron chi connectivity index (χ2n) is 4.53. The number of halogens is 2.